The van der Waals surface area contributed by atoms with Crippen molar-refractivity contribution in [1.29, 1.82) is 0 Å². The zero-order chi connectivity index (χ0) is 17.9. The lowest BCUT2D eigenvalue weighted by Gasteiger charge is -2.04. The van der Waals surface area contributed by atoms with Crippen LogP contribution in [-0.4, -0.2) is 20.7 Å². The second kappa shape index (κ2) is 7.01. The van der Waals surface area contributed by atoms with Crippen LogP contribution >= 0.6 is 11.3 Å². The molecule has 0 radical (unpaired) electrons. The number of thiophene rings is 1. The average Bonchev–Trinajstić information content (AvgIpc) is 3.11. The van der Waals surface area contributed by atoms with Gasteiger partial charge in [-0.3, -0.25) is 10.4 Å². The van der Waals surface area contributed by atoms with Gasteiger partial charge in [0.25, 0.3) is 0 Å². The molecule has 4 rings (SSSR count). The van der Waals surface area contributed by atoms with Gasteiger partial charge in [-0.15, -0.1) is 11.3 Å². The van der Waals surface area contributed by atoms with Crippen molar-refractivity contribution in [1.82, 2.24) is 15.0 Å². The third kappa shape index (κ3) is 3.32. The van der Waals surface area contributed by atoms with Gasteiger partial charge in [0.15, 0.2) is 5.82 Å². The van der Waals surface area contributed by atoms with E-state index < -0.39 is 0 Å². The molecule has 0 aliphatic carbocycles. The van der Waals surface area contributed by atoms with Crippen molar-refractivity contribution in [3.05, 3.63) is 72.3 Å². The van der Waals surface area contributed by atoms with Crippen molar-refractivity contribution in [2.75, 3.05) is 5.43 Å². The second-order valence-corrected chi connectivity index (χ2v) is 6.87. The van der Waals surface area contributed by atoms with Gasteiger partial charge in [0.1, 0.15) is 10.7 Å². The molecule has 0 saturated carbocycles. The Labute approximate surface area is 155 Å². The summed E-state index contributed by atoms with van der Waals surface area (Å²) in [5.74, 6) is 1.42. The molecule has 0 amide bonds. The molecule has 128 valence electrons. The number of hydrazone groups is 1. The van der Waals surface area contributed by atoms with Gasteiger partial charge in [-0.2, -0.15) is 5.10 Å². The van der Waals surface area contributed by atoms with E-state index in [1.165, 1.54) is 5.56 Å². The molecular weight excluding hydrogens is 342 g/mol. The van der Waals surface area contributed by atoms with E-state index in [1.54, 1.807) is 17.5 Å². The maximum absolute atomic E-state index is 4.57. The zero-order valence-corrected chi connectivity index (χ0v) is 15.3. The topological polar surface area (TPSA) is 63.1 Å². The maximum atomic E-state index is 4.57. The minimum atomic E-state index is 0.709. The standard InChI is InChI=1S/C20H17N5S/c1-13(17-10-6-7-11-21-17)24-25-19-16-12-18(15-8-4-3-5-9-15)26-20(16)23-14(2)22-19/h3-12H,1-2H3,(H,22,23,25)/b24-13+. The number of pyridine rings is 1. The van der Waals surface area contributed by atoms with Crippen LogP contribution < -0.4 is 5.43 Å². The normalized spacial score (nSPS) is 11.7. The molecule has 0 spiro atoms. The molecule has 0 bridgehead atoms. The SMILES string of the molecule is C/C(=N\Nc1nc(C)nc2sc(-c3ccccc3)cc12)c1ccccn1. The minimum Gasteiger partial charge on any atom is -0.260 e. The summed E-state index contributed by atoms with van der Waals surface area (Å²) in [6, 6.07) is 18.2. The Morgan fingerprint density at radius 1 is 1.04 bits per heavy atom. The Morgan fingerprint density at radius 2 is 1.85 bits per heavy atom. The third-order valence-corrected chi connectivity index (χ3v) is 5.01. The lowest BCUT2D eigenvalue weighted by atomic mass is 10.2. The molecule has 0 atom stereocenters. The van der Waals surface area contributed by atoms with Crippen LogP contribution in [0.15, 0.2) is 65.9 Å². The van der Waals surface area contributed by atoms with E-state index in [0.717, 1.165) is 26.5 Å². The van der Waals surface area contributed by atoms with Crippen LogP contribution in [-0.2, 0) is 0 Å². The smallest absolute Gasteiger partial charge is 0.158 e. The van der Waals surface area contributed by atoms with Gasteiger partial charge in [0, 0.05) is 11.1 Å². The van der Waals surface area contributed by atoms with Crippen LogP contribution in [0.3, 0.4) is 0 Å². The van der Waals surface area contributed by atoms with Crippen LogP contribution in [0.2, 0.25) is 0 Å². The number of hydrogen-bond acceptors (Lipinski definition) is 6. The molecule has 1 N–H and O–H groups in total. The summed E-state index contributed by atoms with van der Waals surface area (Å²) in [7, 11) is 0. The molecule has 6 heteroatoms. The van der Waals surface area contributed by atoms with Gasteiger partial charge in [0.05, 0.1) is 16.8 Å². The number of rotatable bonds is 4. The Balaban J connectivity index is 1.72. The van der Waals surface area contributed by atoms with Crippen molar-refractivity contribution < 1.29 is 0 Å². The molecule has 0 aliphatic rings. The van der Waals surface area contributed by atoms with Crippen LogP contribution in [0.5, 0.6) is 0 Å². The van der Waals surface area contributed by atoms with Crippen LogP contribution in [0.4, 0.5) is 5.82 Å². The molecule has 0 aliphatic heterocycles. The van der Waals surface area contributed by atoms with Crippen LogP contribution in [0.25, 0.3) is 20.7 Å². The third-order valence-electron chi connectivity index (χ3n) is 3.93. The van der Waals surface area contributed by atoms with E-state index in [-0.39, 0.29) is 0 Å². The van der Waals surface area contributed by atoms with Crippen molar-refractivity contribution in [2.45, 2.75) is 13.8 Å². The molecule has 3 heterocycles. The van der Waals surface area contributed by atoms with E-state index in [9.17, 15) is 0 Å². The highest BCUT2D eigenvalue weighted by Gasteiger charge is 2.11. The quantitative estimate of drug-likeness (QED) is 0.416. The van der Waals surface area contributed by atoms with E-state index >= 15 is 0 Å². The summed E-state index contributed by atoms with van der Waals surface area (Å²) in [6.07, 6.45) is 1.76. The number of hydrogen-bond donors (Lipinski definition) is 1. The Bertz CT molecular complexity index is 1070. The van der Waals surface area contributed by atoms with E-state index in [0.29, 0.717) is 11.6 Å². The van der Waals surface area contributed by atoms with E-state index in [1.807, 2.05) is 50.2 Å². The average molecular weight is 359 g/mol. The first-order valence-electron chi connectivity index (χ1n) is 8.26. The summed E-state index contributed by atoms with van der Waals surface area (Å²) in [6.45, 7) is 3.81. The minimum absolute atomic E-state index is 0.709. The number of aryl methyl sites for hydroxylation is 1. The van der Waals surface area contributed by atoms with Crippen LogP contribution in [0.1, 0.15) is 18.4 Å². The maximum Gasteiger partial charge on any atom is 0.158 e. The van der Waals surface area contributed by atoms with Crippen LogP contribution in [0, 0.1) is 6.92 Å². The number of anilines is 1. The Morgan fingerprint density at radius 3 is 2.62 bits per heavy atom. The molecule has 4 aromatic rings. The summed E-state index contributed by atoms with van der Waals surface area (Å²) in [5.41, 5.74) is 5.90. The molecule has 1 aromatic carbocycles. The lowest BCUT2D eigenvalue weighted by Crippen LogP contribution is -2.03. The van der Waals surface area contributed by atoms with Crippen molar-refractivity contribution in [3.63, 3.8) is 0 Å². The number of benzene rings is 1. The summed E-state index contributed by atoms with van der Waals surface area (Å²) >= 11 is 1.66. The van der Waals surface area contributed by atoms with Gasteiger partial charge in [0.2, 0.25) is 0 Å². The monoisotopic (exact) mass is 359 g/mol. The van der Waals surface area contributed by atoms with Gasteiger partial charge < -0.3 is 0 Å². The highest BCUT2D eigenvalue weighted by molar-refractivity contribution is 7.21. The highest BCUT2D eigenvalue weighted by Crippen LogP contribution is 2.35. The number of aromatic nitrogens is 3. The van der Waals surface area contributed by atoms with E-state index in [2.05, 4.69) is 43.7 Å². The second-order valence-electron chi connectivity index (χ2n) is 5.84. The van der Waals surface area contributed by atoms with E-state index in [4.69, 9.17) is 0 Å². The molecular formula is C20H17N5S. The Kier molecular flexibility index (Phi) is 4.41. The molecule has 26 heavy (non-hydrogen) atoms. The number of nitrogens with zero attached hydrogens (tertiary/aromatic N) is 4. The molecule has 0 fully saturated rings. The van der Waals surface area contributed by atoms with Gasteiger partial charge in [-0.25, -0.2) is 9.97 Å². The molecule has 5 nitrogen and oxygen atoms in total. The lowest BCUT2D eigenvalue weighted by molar-refractivity contribution is 1.08. The zero-order valence-electron chi connectivity index (χ0n) is 14.5. The Hall–Kier alpha value is -3.12. The summed E-state index contributed by atoms with van der Waals surface area (Å²) < 4.78 is 0. The fraction of sp³-hybridized carbons (Fsp3) is 0.100. The van der Waals surface area contributed by atoms with Gasteiger partial charge in [-0.1, -0.05) is 36.4 Å². The fourth-order valence-electron chi connectivity index (χ4n) is 2.63. The first-order chi connectivity index (χ1) is 12.7. The fourth-order valence-corrected chi connectivity index (χ4v) is 3.71. The van der Waals surface area contributed by atoms with Crippen molar-refractivity contribution in [3.8, 4) is 10.4 Å². The van der Waals surface area contributed by atoms with Gasteiger partial charge in [-0.05, 0) is 37.6 Å². The van der Waals surface area contributed by atoms with Crippen molar-refractivity contribution >= 4 is 33.1 Å². The highest BCUT2D eigenvalue weighted by atomic mass is 32.1. The first-order valence-corrected chi connectivity index (χ1v) is 9.07. The summed E-state index contributed by atoms with van der Waals surface area (Å²) in [5, 5.41) is 5.43. The predicted molar refractivity (Wildman–Crippen MR) is 108 cm³/mol. The predicted octanol–water partition coefficient (Wildman–Crippen LogP) is 4.90. The summed E-state index contributed by atoms with van der Waals surface area (Å²) in [4.78, 5) is 15.5. The number of fused-ring (bicyclic) bond motifs is 1. The first kappa shape index (κ1) is 16.4. The van der Waals surface area contributed by atoms with Gasteiger partial charge >= 0.3 is 0 Å². The largest absolute Gasteiger partial charge is 0.260 e. The van der Waals surface area contributed by atoms with Crippen molar-refractivity contribution in [2.24, 2.45) is 5.10 Å². The molecule has 3 aromatic heterocycles. The molecule has 0 saturated heterocycles. The number of nitrogens with one attached hydrogen (secondary N) is 1. The molecule has 0 unspecified atom stereocenters.